The van der Waals surface area contributed by atoms with Crippen molar-refractivity contribution < 1.29 is 9.18 Å². The molecule has 0 saturated carbocycles. The summed E-state index contributed by atoms with van der Waals surface area (Å²) in [5, 5.41) is 0.490. The van der Waals surface area contributed by atoms with Crippen molar-refractivity contribution in [1.82, 2.24) is 9.97 Å². The Bertz CT molecular complexity index is 975. The van der Waals surface area contributed by atoms with Gasteiger partial charge in [0.05, 0.1) is 11.7 Å². The highest BCUT2D eigenvalue weighted by atomic mass is 32.2. The summed E-state index contributed by atoms with van der Waals surface area (Å²) in [6, 6.07) is 4.42. The number of carbonyl (C=O) groups is 1. The Kier molecular flexibility index (Phi) is 4.61. The van der Waals surface area contributed by atoms with E-state index in [4.69, 9.17) is 10.7 Å². The molecular weight excluding hydrogens is 391 g/mol. The van der Waals surface area contributed by atoms with Crippen LogP contribution >= 0.6 is 11.8 Å². The summed E-state index contributed by atoms with van der Waals surface area (Å²) in [5.41, 5.74) is 7.01. The molecule has 2 N–H and O–H groups in total. The first kappa shape index (κ1) is 18.4. The van der Waals surface area contributed by atoms with Crippen LogP contribution in [0.2, 0.25) is 0 Å². The van der Waals surface area contributed by atoms with Gasteiger partial charge >= 0.3 is 0 Å². The van der Waals surface area contributed by atoms with Gasteiger partial charge in [0.1, 0.15) is 16.1 Å². The molecule has 4 heterocycles. The smallest absolute Gasteiger partial charge is 0.242 e. The number of thioether (sulfide) groups is 1. The van der Waals surface area contributed by atoms with Crippen molar-refractivity contribution in [3.8, 4) is 0 Å². The number of aliphatic imine (C=N–C) groups is 1. The predicted molar refractivity (Wildman–Crippen MR) is 113 cm³/mol. The summed E-state index contributed by atoms with van der Waals surface area (Å²) in [4.78, 5) is 30.6. The van der Waals surface area contributed by atoms with Crippen LogP contribution < -0.4 is 15.5 Å². The number of carbonyl (C=O) groups excluding carboxylic acids is 1. The third-order valence-corrected chi connectivity index (χ3v) is 6.93. The normalized spacial score (nSPS) is 24.0. The fraction of sp³-hybridized carbons (Fsp3) is 0.400. The minimum Gasteiger partial charge on any atom is -0.396 e. The molecule has 0 aliphatic carbocycles. The van der Waals surface area contributed by atoms with Gasteiger partial charge in [0.25, 0.3) is 0 Å². The van der Waals surface area contributed by atoms with Crippen molar-refractivity contribution in [2.75, 3.05) is 35.2 Å². The highest BCUT2D eigenvalue weighted by Gasteiger charge is 2.42. The Labute approximate surface area is 172 Å². The van der Waals surface area contributed by atoms with Crippen molar-refractivity contribution in [1.29, 1.82) is 0 Å². The number of rotatable bonds is 3. The van der Waals surface area contributed by atoms with Crippen LogP contribution in [0.1, 0.15) is 24.8 Å². The van der Waals surface area contributed by atoms with Crippen LogP contribution in [0, 0.1) is 5.82 Å². The molecule has 3 aliphatic heterocycles. The number of halogens is 1. The van der Waals surface area contributed by atoms with Gasteiger partial charge in [-0.05, 0) is 37.5 Å². The molecule has 2 aromatic rings. The molecule has 2 saturated heterocycles. The fourth-order valence-electron chi connectivity index (χ4n) is 4.00. The zero-order valence-corrected chi connectivity index (χ0v) is 16.6. The fourth-order valence-corrected chi connectivity index (χ4v) is 5.26. The highest BCUT2D eigenvalue weighted by molar-refractivity contribution is 8.15. The topological polar surface area (TPSA) is 87.7 Å². The van der Waals surface area contributed by atoms with Crippen molar-refractivity contribution in [2.45, 2.75) is 30.6 Å². The number of hydrogen-bond donors (Lipinski definition) is 1. The predicted octanol–water partition coefficient (Wildman–Crippen LogP) is 2.47. The first-order valence-corrected chi connectivity index (χ1v) is 10.7. The SMILES string of the molecule is Nc1ccc(N2CCC3N=C(c4cnc(N5CCCC5)nc4)SC3C2=O)cc1F. The highest BCUT2D eigenvalue weighted by Crippen LogP contribution is 2.37. The Morgan fingerprint density at radius 1 is 1.14 bits per heavy atom. The third kappa shape index (κ3) is 3.33. The van der Waals surface area contributed by atoms with Gasteiger partial charge in [-0.25, -0.2) is 14.4 Å². The van der Waals surface area contributed by atoms with E-state index in [1.165, 1.54) is 36.7 Å². The van der Waals surface area contributed by atoms with Gasteiger partial charge in [-0.15, -0.1) is 0 Å². The Morgan fingerprint density at radius 3 is 2.62 bits per heavy atom. The molecule has 1 amide bonds. The number of hydrogen-bond acceptors (Lipinski definition) is 7. The first-order chi connectivity index (χ1) is 14.1. The summed E-state index contributed by atoms with van der Waals surface area (Å²) in [7, 11) is 0. The number of piperidine rings is 1. The summed E-state index contributed by atoms with van der Waals surface area (Å²) >= 11 is 1.45. The van der Waals surface area contributed by atoms with E-state index in [0.717, 1.165) is 36.1 Å². The van der Waals surface area contributed by atoms with Gasteiger partial charge < -0.3 is 15.5 Å². The lowest BCUT2D eigenvalue weighted by Gasteiger charge is -2.33. The second kappa shape index (κ2) is 7.29. The molecule has 0 bridgehead atoms. The van der Waals surface area contributed by atoms with E-state index in [9.17, 15) is 9.18 Å². The van der Waals surface area contributed by atoms with E-state index >= 15 is 0 Å². The number of amides is 1. The zero-order valence-electron chi connectivity index (χ0n) is 15.8. The third-order valence-electron chi connectivity index (χ3n) is 5.60. The summed E-state index contributed by atoms with van der Waals surface area (Å²) < 4.78 is 13.8. The zero-order chi connectivity index (χ0) is 20.0. The number of anilines is 3. The number of nitrogens with two attached hydrogens (primary N) is 1. The molecule has 29 heavy (non-hydrogen) atoms. The van der Waals surface area contributed by atoms with Gasteiger partial charge in [0, 0.05) is 43.3 Å². The lowest BCUT2D eigenvalue weighted by molar-refractivity contribution is -0.119. The molecule has 2 fully saturated rings. The van der Waals surface area contributed by atoms with Gasteiger partial charge in [-0.1, -0.05) is 11.8 Å². The van der Waals surface area contributed by atoms with Crippen molar-refractivity contribution in [3.05, 3.63) is 42.0 Å². The Balaban J connectivity index is 1.32. The molecule has 150 valence electrons. The van der Waals surface area contributed by atoms with Crippen LogP contribution in [0.4, 0.5) is 21.7 Å². The maximum Gasteiger partial charge on any atom is 0.242 e. The van der Waals surface area contributed by atoms with E-state index in [1.807, 2.05) is 0 Å². The lowest BCUT2D eigenvalue weighted by Crippen LogP contribution is -2.48. The van der Waals surface area contributed by atoms with Gasteiger partial charge in [-0.2, -0.15) is 0 Å². The number of aromatic nitrogens is 2. The Hall–Kier alpha value is -2.68. The van der Waals surface area contributed by atoms with Crippen molar-refractivity contribution in [2.24, 2.45) is 4.99 Å². The largest absolute Gasteiger partial charge is 0.396 e. The van der Waals surface area contributed by atoms with Crippen LogP contribution in [-0.4, -0.2) is 51.8 Å². The lowest BCUT2D eigenvalue weighted by atomic mass is 10.0. The number of nitrogens with zero attached hydrogens (tertiary/aromatic N) is 5. The number of benzene rings is 1. The quantitative estimate of drug-likeness (QED) is 0.780. The van der Waals surface area contributed by atoms with Crippen LogP contribution in [0.25, 0.3) is 0 Å². The molecule has 7 nitrogen and oxygen atoms in total. The number of nitrogen functional groups attached to an aromatic ring is 1. The second-order valence-corrected chi connectivity index (χ2v) is 8.62. The molecule has 2 unspecified atom stereocenters. The number of fused-ring (bicyclic) bond motifs is 1. The van der Waals surface area contributed by atoms with E-state index < -0.39 is 5.82 Å². The standard InChI is InChI=1S/C20H21FN6OS/c21-14-9-13(3-4-15(14)22)27-8-5-16-17(19(27)28)29-18(25-16)12-10-23-20(24-11-12)26-6-1-2-7-26/h3-4,9-11,16-17H,1-2,5-8,22H2. The molecule has 0 spiro atoms. The van der Waals surface area contributed by atoms with E-state index in [0.29, 0.717) is 12.2 Å². The summed E-state index contributed by atoms with van der Waals surface area (Å²) in [5.74, 6) is 0.187. The van der Waals surface area contributed by atoms with E-state index in [1.54, 1.807) is 23.4 Å². The maximum absolute atomic E-state index is 13.8. The monoisotopic (exact) mass is 412 g/mol. The molecule has 2 atom stereocenters. The van der Waals surface area contributed by atoms with E-state index in [2.05, 4.69) is 14.9 Å². The van der Waals surface area contributed by atoms with Crippen LogP contribution in [0.3, 0.4) is 0 Å². The van der Waals surface area contributed by atoms with Gasteiger partial charge in [0.15, 0.2) is 0 Å². The summed E-state index contributed by atoms with van der Waals surface area (Å²) in [6.45, 7) is 2.50. The van der Waals surface area contributed by atoms with Crippen molar-refractivity contribution in [3.63, 3.8) is 0 Å². The minimum absolute atomic E-state index is 0.0521. The first-order valence-electron chi connectivity index (χ1n) is 9.78. The minimum atomic E-state index is -0.510. The Morgan fingerprint density at radius 2 is 1.90 bits per heavy atom. The molecule has 1 aromatic heterocycles. The molecular formula is C20H21FN6OS. The van der Waals surface area contributed by atoms with Crippen LogP contribution in [-0.2, 0) is 4.79 Å². The van der Waals surface area contributed by atoms with E-state index in [-0.39, 0.29) is 22.9 Å². The second-order valence-electron chi connectivity index (χ2n) is 7.49. The molecule has 1 aromatic carbocycles. The van der Waals surface area contributed by atoms with Gasteiger partial charge in [-0.3, -0.25) is 9.79 Å². The van der Waals surface area contributed by atoms with Crippen molar-refractivity contribution >= 4 is 40.0 Å². The van der Waals surface area contributed by atoms with Crippen LogP contribution in [0.5, 0.6) is 0 Å². The summed E-state index contributed by atoms with van der Waals surface area (Å²) in [6.07, 6.45) is 6.66. The molecule has 0 radical (unpaired) electrons. The average molecular weight is 412 g/mol. The van der Waals surface area contributed by atoms with Gasteiger partial charge in [0.2, 0.25) is 11.9 Å². The maximum atomic E-state index is 13.8. The molecule has 9 heteroatoms. The molecule has 5 rings (SSSR count). The van der Waals surface area contributed by atoms with Crippen LogP contribution in [0.15, 0.2) is 35.6 Å². The average Bonchev–Trinajstić information content (AvgIpc) is 3.41. The molecule has 3 aliphatic rings.